The smallest absolute Gasteiger partial charge is 0.293 e. The number of benzene rings is 2. The van der Waals surface area contributed by atoms with Crippen LogP contribution in [0, 0.1) is 27.2 Å². The molecule has 0 atom stereocenters. The number of amides is 1. The van der Waals surface area contributed by atoms with Crippen LogP contribution in [0.15, 0.2) is 41.3 Å². The number of rotatable bonds is 6. The molecule has 0 radical (unpaired) electrons. The molecule has 12 nitrogen and oxygen atoms in total. The lowest BCUT2D eigenvalue weighted by Gasteiger charge is -2.34. The van der Waals surface area contributed by atoms with Crippen LogP contribution >= 0.6 is 0 Å². The topological polar surface area (TPSA) is 147 Å². The predicted octanol–water partition coefficient (Wildman–Crippen LogP) is 2.02. The minimum Gasteiger partial charge on any atom is -0.372 e. The molecule has 0 N–H and O–H groups in total. The van der Waals surface area contributed by atoms with Gasteiger partial charge in [0.05, 0.1) is 14.7 Å². The van der Waals surface area contributed by atoms with Gasteiger partial charge in [-0.25, -0.2) is 8.42 Å². The van der Waals surface area contributed by atoms with Crippen LogP contribution in [0.4, 0.5) is 17.1 Å². The number of non-ortho nitro benzene ring substituents is 1. The number of piperazine rings is 1. The zero-order valence-corrected chi connectivity index (χ0v) is 19.1. The van der Waals surface area contributed by atoms with Crippen LogP contribution < -0.4 is 4.90 Å². The highest BCUT2D eigenvalue weighted by Crippen LogP contribution is 2.29. The van der Waals surface area contributed by atoms with E-state index >= 15 is 0 Å². The maximum absolute atomic E-state index is 13.1. The van der Waals surface area contributed by atoms with Crippen LogP contribution in [0.2, 0.25) is 0 Å². The Labute approximate surface area is 190 Å². The van der Waals surface area contributed by atoms with Crippen molar-refractivity contribution in [3.63, 3.8) is 0 Å². The van der Waals surface area contributed by atoms with E-state index in [-0.39, 0.29) is 48.0 Å². The van der Waals surface area contributed by atoms with Crippen LogP contribution in [-0.4, -0.2) is 73.7 Å². The van der Waals surface area contributed by atoms with E-state index in [0.29, 0.717) is 11.3 Å². The molecule has 1 saturated heterocycles. The maximum atomic E-state index is 13.1. The fraction of sp³-hybridized carbons (Fsp3) is 0.350. The van der Waals surface area contributed by atoms with Gasteiger partial charge in [0.15, 0.2) is 0 Å². The van der Waals surface area contributed by atoms with Gasteiger partial charge in [-0.1, -0.05) is 6.07 Å². The largest absolute Gasteiger partial charge is 0.372 e. The van der Waals surface area contributed by atoms with Crippen molar-refractivity contribution >= 4 is 33.0 Å². The van der Waals surface area contributed by atoms with Gasteiger partial charge in [-0.3, -0.25) is 25.0 Å². The molecule has 2 aromatic rings. The van der Waals surface area contributed by atoms with Crippen molar-refractivity contribution in [2.75, 3.05) is 45.2 Å². The van der Waals surface area contributed by atoms with Crippen LogP contribution in [-0.2, 0) is 10.0 Å². The van der Waals surface area contributed by atoms with E-state index in [0.717, 1.165) is 6.07 Å². The molecule has 0 bridgehead atoms. The van der Waals surface area contributed by atoms with Crippen molar-refractivity contribution in [3.8, 4) is 0 Å². The molecule has 0 aromatic heterocycles. The lowest BCUT2D eigenvalue weighted by Crippen LogP contribution is -2.50. The average Bonchev–Trinajstić information content (AvgIpc) is 2.78. The van der Waals surface area contributed by atoms with E-state index in [9.17, 15) is 33.4 Å². The third-order valence-electron chi connectivity index (χ3n) is 5.43. The van der Waals surface area contributed by atoms with E-state index in [1.54, 1.807) is 25.9 Å². The van der Waals surface area contributed by atoms with E-state index in [1.165, 1.54) is 39.5 Å². The Morgan fingerprint density at radius 2 is 1.61 bits per heavy atom. The number of hydrogen-bond acceptors (Lipinski definition) is 8. The molecule has 0 aliphatic carbocycles. The van der Waals surface area contributed by atoms with Gasteiger partial charge in [-0.2, -0.15) is 4.31 Å². The number of nitro groups is 2. The highest BCUT2D eigenvalue weighted by molar-refractivity contribution is 7.89. The van der Waals surface area contributed by atoms with Gasteiger partial charge in [0.25, 0.3) is 17.3 Å². The molecule has 0 spiro atoms. The molecule has 1 aliphatic heterocycles. The van der Waals surface area contributed by atoms with Gasteiger partial charge in [-0.15, -0.1) is 0 Å². The summed E-state index contributed by atoms with van der Waals surface area (Å²) in [5, 5.41) is 22.5. The first-order valence-corrected chi connectivity index (χ1v) is 11.4. The molecule has 3 rings (SSSR count). The lowest BCUT2D eigenvalue weighted by atomic mass is 10.1. The van der Waals surface area contributed by atoms with Gasteiger partial charge in [0.2, 0.25) is 10.0 Å². The summed E-state index contributed by atoms with van der Waals surface area (Å²) < 4.78 is 27.3. The zero-order chi connectivity index (χ0) is 24.5. The Kier molecular flexibility index (Phi) is 6.65. The molecule has 33 heavy (non-hydrogen) atoms. The number of hydrogen-bond donors (Lipinski definition) is 0. The third-order valence-corrected chi connectivity index (χ3v) is 7.47. The number of sulfonamides is 1. The predicted molar refractivity (Wildman–Crippen MR) is 120 cm³/mol. The Bertz CT molecular complexity index is 1220. The Hall–Kier alpha value is -3.58. The molecule has 1 amide bonds. The highest BCUT2D eigenvalue weighted by atomic mass is 32.2. The SMILES string of the molecule is Cc1ccc([N+](=O)[O-])cc1S(=O)(=O)N1CCN(C(=O)c2ccc(N(C)C)c([N+](=O)[O-])c2)CC1. The van der Waals surface area contributed by atoms with Gasteiger partial charge in [0.1, 0.15) is 5.69 Å². The summed E-state index contributed by atoms with van der Waals surface area (Å²) >= 11 is 0. The number of carbonyl (C=O) groups is 1. The van der Waals surface area contributed by atoms with Gasteiger partial charge >= 0.3 is 0 Å². The van der Waals surface area contributed by atoms with Crippen LogP contribution in [0.5, 0.6) is 0 Å². The molecule has 1 fully saturated rings. The first-order valence-electron chi connectivity index (χ1n) is 9.93. The Balaban J connectivity index is 1.78. The number of aryl methyl sites for hydroxylation is 1. The second-order valence-electron chi connectivity index (χ2n) is 7.76. The first-order chi connectivity index (χ1) is 15.4. The number of nitro benzene ring substituents is 2. The summed E-state index contributed by atoms with van der Waals surface area (Å²) in [6, 6.07) is 7.87. The molecule has 0 unspecified atom stereocenters. The van der Waals surface area contributed by atoms with E-state index < -0.39 is 25.8 Å². The van der Waals surface area contributed by atoms with Crippen molar-refractivity contribution in [1.82, 2.24) is 9.21 Å². The Morgan fingerprint density at radius 3 is 2.15 bits per heavy atom. The summed E-state index contributed by atoms with van der Waals surface area (Å²) in [4.78, 5) is 37.0. The van der Waals surface area contributed by atoms with Crippen LogP contribution in [0.3, 0.4) is 0 Å². The molecular formula is C20H23N5O7S. The van der Waals surface area contributed by atoms with Gasteiger partial charge in [-0.05, 0) is 24.6 Å². The van der Waals surface area contributed by atoms with Crippen molar-refractivity contribution in [3.05, 3.63) is 67.8 Å². The average molecular weight is 477 g/mol. The van der Waals surface area contributed by atoms with Crippen molar-refractivity contribution in [2.45, 2.75) is 11.8 Å². The van der Waals surface area contributed by atoms with Gasteiger partial charge < -0.3 is 9.80 Å². The third kappa shape index (κ3) is 4.78. The number of nitrogens with zero attached hydrogens (tertiary/aromatic N) is 5. The molecule has 1 aliphatic rings. The second kappa shape index (κ2) is 9.11. The fourth-order valence-electron chi connectivity index (χ4n) is 3.61. The molecule has 2 aromatic carbocycles. The monoisotopic (exact) mass is 477 g/mol. The summed E-state index contributed by atoms with van der Waals surface area (Å²) in [5.41, 5.74) is 0.356. The second-order valence-corrected chi connectivity index (χ2v) is 9.66. The van der Waals surface area contributed by atoms with E-state index in [2.05, 4.69) is 0 Å². The molecule has 13 heteroatoms. The fourth-order valence-corrected chi connectivity index (χ4v) is 5.28. The van der Waals surface area contributed by atoms with E-state index in [1.807, 2.05) is 0 Å². The molecule has 176 valence electrons. The molecule has 0 saturated carbocycles. The quantitative estimate of drug-likeness (QED) is 0.453. The van der Waals surface area contributed by atoms with Crippen LogP contribution in [0.1, 0.15) is 15.9 Å². The Morgan fingerprint density at radius 1 is 0.970 bits per heavy atom. The summed E-state index contributed by atoms with van der Waals surface area (Å²) in [5.74, 6) is -0.438. The minimum absolute atomic E-state index is 0.00587. The maximum Gasteiger partial charge on any atom is 0.293 e. The summed E-state index contributed by atoms with van der Waals surface area (Å²) in [6.45, 7) is 1.70. The van der Waals surface area contributed by atoms with Crippen molar-refractivity contribution in [1.29, 1.82) is 0 Å². The van der Waals surface area contributed by atoms with E-state index in [4.69, 9.17) is 0 Å². The number of anilines is 1. The zero-order valence-electron chi connectivity index (χ0n) is 18.3. The standard InChI is InChI=1S/C20H23N5O7S/c1-14-4-6-16(24(27)28)13-19(14)33(31,32)23-10-8-22(9-11-23)20(26)15-5-7-17(21(2)3)18(12-15)25(29)30/h4-7,12-13H,8-11H2,1-3H3. The van der Waals surface area contributed by atoms with Crippen LogP contribution in [0.25, 0.3) is 0 Å². The number of carbonyl (C=O) groups excluding carboxylic acids is 1. The normalized spacial score (nSPS) is 14.7. The molecular weight excluding hydrogens is 454 g/mol. The van der Waals surface area contributed by atoms with Crippen molar-refractivity contribution < 1.29 is 23.1 Å². The highest BCUT2D eigenvalue weighted by Gasteiger charge is 2.33. The minimum atomic E-state index is -4.00. The summed E-state index contributed by atoms with van der Waals surface area (Å²) in [6.07, 6.45) is 0. The van der Waals surface area contributed by atoms with Crippen molar-refractivity contribution in [2.24, 2.45) is 0 Å². The molecule has 1 heterocycles. The lowest BCUT2D eigenvalue weighted by molar-refractivity contribution is -0.385. The van der Waals surface area contributed by atoms with Gasteiger partial charge in [0, 0.05) is 64.0 Å². The summed E-state index contributed by atoms with van der Waals surface area (Å²) in [7, 11) is -0.681. The first kappa shape index (κ1) is 24.1.